The first-order valence-electron chi connectivity index (χ1n) is 10.2. The van der Waals surface area contributed by atoms with Crippen molar-refractivity contribution in [3.63, 3.8) is 0 Å². The van der Waals surface area contributed by atoms with E-state index in [1.807, 2.05) is 0 Å². The molecule has 2 aromatic carbocycles. The number of nitrogens with one attached hydrogen (secondary N) is 1. The maximum absolute atomic E-state index is 13.2. The molecule has 0 spiro atoms. The van der Waals surface area contributed by atoms with Gasteiger partial charge in [-0.2, -0.15) is 0 Å². The highest BCUT2D eigenvalue weighted by molar-refractivity contribution is 6.05. The van der Waals surface area contributed by atoms with Crippen LogP contribution in [-0.4, -0.2) is 75.0 Å². The van der Waals surface area contributed by atoms with Gasteiger partial charge in [0, 0.05) is 22.9 Å². The van der Waals surface area contributed by atoms with Gasteiger partial charge >= 0.3 is 0 Å². The molecule has 0 radical (unpaired) electrons. The van der Waals surface area contributed by atoms with E-state index in [0.29, 0.717) is 16.5 Å². The number of benzene rings is 2. The van der Waals surface area contributed by atoms with E-state index >= 15 is 0 Å². The topological polar surface area (TPSA) is 159 Å². The van der Waals surface area contributed by atoms with Gasteiger partial charge in [-0.25, -0.2) is 0 Å². The number of Topliss-reactive ketones (excluding diaryl/α,β-unsaturated/α-hetero) is 1. The summed E-state index contributed by atoms with van der Waals surface area (Å²) in [6.45, 7) is -0.335. The quantitative estimate of drug-likeness (QED) is 0.237. The fraction of sp³-hybridized carbons (Fsp3) is 0.304. The van der Waals surface area contributed by atoms with Crippen molar-refractivity contribution in [2.45, 2.75) is 37.1 Å². The van der Waals surface area contributed by atoms with Crippen LogP contribution in [0.2, 0.25) is 0 Å². The van der Waals surface area contributed by atoms with Gasteiger partial charge in [0.2, 0.25) is 6.29 Å². The van der Waals surface area contributed by atoms with Crippen molar-refractivity contribution in [3.05, 3.63) is 59.8 Å². The largest absolute Gasteiger partial charge is 0.459 e. The van der Waals surface area contributed by atoms with E-state index in [-0.39, 0.29) is 30.1 Å². The minimum absolute atomic E-state index is 0.0775. The first kappa shape index (κ1) is 22.9. The molecule has 5 atom stereocenters. The molecule has 10 nitrogen and oxygen atoms in total. The number of para-hydroxylation sites is 2. The van der Waals surface area contributed by atoms with Crippen LogP contribution >= 0.6 is 0 Å². The number of ether oxygens (including phenoxy) is 3. The molecule has 174 valence electrons. The number of aromatic nitrogens is 1. The molecular formula is C23H23NO9. The van der Waals surface area contributed by atoms with Gasteiger partial charge < -0.3 is 39.6 Å². The Morgan fingerprint density at radius 3 is 2.52 bits per heavy atom. The third-order valence-electron chi connectivity index (χ3n) is 5.52. The molecule has 33 heavy (non-hydrogen) atoms. The van der Waals surface area contributed by atoms with Crippen LogP contribution in [0.5, 0.6) is 11.5 Å². The van der Waals surface area contributed by atoms with Gasteiger partial charge in [-0.05, 0) is 18.2 Å². The summed E-state index contributed by atoms with van der Waals surface area (Å²) in [5.74, 6) is -0.0742. The maximum atomic E-state index is 13.2. The Kier molecular flexibility index (Phi) is 6.72. The molecule has 4 rings (SSSR count). The molecule has 0 saturated carbocycles. The van der Waals surface area contributed by atoms with E-state index in [4.69, 9.17) is 14.2 Å². The number of hydrogen-bond acceptors (Lipinski definition) is 9. The van der Waals surface area contributed by atoms with Gasteiger partial charge in [0.25, 0.3) is 6.47 Å². The van der Waals surface area contributed by atoms with Gasteiger partial charge in [-0.1, -0.05) is 30.3 Å². The monoisotopic (exact) mass is 457 g/mol. The molecule has 1 aliphatic heterocycles. The Balaban J connectivity index is 1.68. The number of hydrogen-bond donors (Lipinski definition) is 5. The second kappa shape index (κ2) is 9.69. The summed E-state index contributed by atoms with van der Waals surface area (Å²) in [6, 6.07) is 13.5. The van der Waals surface area contributed by atoms with Crippen LogP contribution in [0.25, 0.3) is 10.9 Å². The van der Waals surface area contributed by atoms with Gasteiger partial charge in [-0.3, -0.25) is 9.59 Å². The summed E-state index contributed by atoms with van der Waals surface area (Å²) in [5, 5.41) is 40.4. The lowest BCUT2D eigenvalue weighted by Gasteiger charge is -2.39. The van der Waals surface area contributed by atoms with Crippen LogP contribution < -0.4 is 9.47 Å². The Morgan fingerprint density at radius 2 is 1.76 bits per heavy atom. The lowest BCUT2D eigenvalue weighted by Crippen LogP contribution is -2.60. The van der Waals surface area contributed by atoms with Crippen molar-refractivity contribution >= 4 is 23.2 Å². The van der Waals surface area contributed by atoms with Gasteiger partial charge in [0.1, 0.15) is 35.9 Å². The first-order valence-corrected chi connectivity index (χ1v) is 10.2. The third kappa shape index (κ3) is 4.47. The summed E-state index contributed by atoms with van der Waals surface area (Å²) in [4.78, 5) is 27.0. The first-order chi connectivity index (χ1) is 15.9. The van der Waals surface area contributed by atoms with Gasteiger partial charge in [0.05, 0.1) is 6.61 Å². The number of fused-ring (bicyclic) bond motifs is 1. The van der Waals surface area contributed by atoms with Crippen molar-refractivity contribution in [2.24, 2.45) is 0 Å². The number of aliphatic hydroxyl groups excluding tert-OH is 4. The highest BCUT2D eigenvalue weighted by Crippen LogP contribution is 2.34. The summed E-state index contributed by atoms with van der Waals surface area (Å²) in [5.41, 5.74) is 1.14. The normalized spacial score (nSPS) is 25.0. The van der Waals surface area contributed by atoms with E-state index < -0.39 is 43.1 Å². The average molecular weight is 457 g/mol. The smallest absolute Gasteiger partial charge is 0.298 e. The number of ketones is 1. The fourth-order valence-corrected chi connectivity index (χ4v) is 3.79. The summed E-state index contributed by atoms with van der Waals surface area (Å²) >= 11 is 0. The zero-order chi connectivity index (χ0) is 23.5. The predicted molar refractivity (Wildman–Crippen MR) is 114 cm³/mol. The second-order valence-electron chi connectivity index (χ2n) is 7.61. The molecule has 1 saturated heterocycles. The molecule has 1 aromatic heterocycles. The van der Waals surface area contributed by atoms with Gasteiger partial charge in [-0.15, -0.1) is 0 Å². The molecule has 10 heteroatoms. The standard InChI is InChI=1S/C23H23NO9/c25-10-17-19(28)20(29)21(30)23(32-17)33-22-13-6-2-3-7-14(13)24-18(22)15(27)9-12-5-1-4-8-16(12)31-11-26/h1-8,11,17,19-21,23-25,28-30H,9-10H2/t17?,19-,20+,21?,23+/m1/s1. The lowest BCUT2D eigenvalue weighted by molar-refractivity contribution is -0.277. The molecule has 1 aliphatic rings. The lowest BCUT2D eigenvalue weighted by atomic mass is 9.99. The van der Waals surface area contributed by atoms with Crippen LogP contribution in [0.3, 0.4) is 0 Å². The zero-order valence-electron chi connectivity index (χ0n) is 17.3. The van der Waals surface area contributed by atoms with E-state index in [9.17, 15) is 30.0 Å². The molecule has 0 bridgehead atoms. The van der Waals surface area contributed by atoms with E-state index in [1.165, 1.54) is 0 Å². The summed E-state index contributed by atoms with van der Waals surface area (Å²) in [7, 11) is 0. The van der Waals surface area contributed by atoms with Crippen LogP contribution in [0.1, 0.15) is 16.1 Å². The zero-order valence-corrected chi connectivity index (χ0v) is 17.3. The Bertz CT molecular complexity index is 1140. The molecular weight excluding hydrogens is 434 g/mol. The van der Waals surface area contributed by atoms with Crippen molar-refractivity contribution in [3.8, 4) is 11.5 Å². The molecule has 3 aromatic rings. The van der Waals surface area contributed by atoms with Crippen molar-refractivity contribution in [2.75, 3.05) is 6.61 Å². The van der Waals surface area contributed by atoms with Crippen LogP contribution in [-0.2, 0) is 16.0 Å². The van der Waals surface area contributed by atoms with Crippen LogP contribution in [0.15, 0.2) is 48.5 Å². The van der Waals surface area contributed by atoms with E-state index in [2.05, 4.69) is 4.98 Å². The molecule has 2 heterocycles. The molecule has 0 amide bonds. The molecule has 1 fully saturated rings. The van der Waals surface area contributed by atoms with E-state index in [1.54, 1.807) is 48.5 Å². The maximum Gasteiger partial charge on any atom is 0.298 e. The third-order valence-corrected chi connectivity index (χ3v) is 5.52. The highest BCUT2D eigenvalue weighted by atomic mass is 16.7. The Labute approximate surface area is 187 Å². The van der Waals surface area contributed by atoms with Crippen LogP contribution in [0, 0.1) is 0 Å². The number of carbonyl (C=O) groups is 2. The number of rotatable bonds is 8. The molecule has 0 aliphatic carbocycles. The Morgan fingerprint density at radius 1 is 1.03 bits per heavy atom. The molecule has 5 N–H and O–H groups in total. The van der Waals surface area contributed by atoms with Crippen molar-refractivity contribution < 1.29 is 44.2 Å². The number of aliphatic hydroxyl groups is 4. The predicted octanol–water partition coefficient (Wildman–Crippen LogP) is 0.307. The Hall–Kier alpha value is -3.28. The average Bonchev–Trinajstić information content (AvgIpc) is 3.19. The summed E-state index contributed by atoms with van der Waals surface area (Å²) < 4.78 is 16.2. The van der Waals surface area contributed by atoms with E-state index in [0.717, 1.165) is 0 Å². The second-order valence-corrected chi connectivity index (χ2v) is 7.61. The summed E-state index contributed by atoms with van der Waals surface area (Å²) in [6.07, 6.45) is -7.55. The minimum atomic E-state index is -1.64. The van der Waals surface area contributed by atoms with Gasteiger partial charge in [0.15, 0.2) is 11.5 Å². The van der Waals surface area contributed by atoms with Crippen LogP contribution in [0.4, 0.5) is 0 Å². The van der Waals surface area contributed by atoms with Crippen molar-refractivity contribution in [1.29, 1.82) is 0 Å². The minimum Gasteiger partial charge on any atom is -0.459 e. The highest BCUT2D eigenvalue weighted by Gasteiger charge is 2.45. The number of aromatic amines is 1. The van der Waals surface area contributed by atoms with Crippen molar-refractivity contribution in [1.82, 2.24) is 4.98 Å². The number of H-pyrrole nitrogens is 1. The molecule has 2 unspecified atom stereocenters. The SMILES string of the molecule is O=COc1ccccc1CC(=O)c1[nH]c2ccccc2c1O[C@@H]1OC(CO)[C@@H](O)[C@H](O)C1O. The number of carbonyl (C=O) groups excluding carboxylic acids is 2. The fourth-order valence-electron chi connectivity index (χ4n) is 3.79.